The van der Waals surface area contributed by atoms with Crippen LogP contribution in [0.3, 0.4) is 0 Å². The lowest BCUT2D eigenvalue weighted by Gasteiger charge is -2.21. The van der Waals surface area contributed by atoms with E-state index in [4.69, 9.17) is 16.7 Å². The van der Waals surface area contributed by atoms with Crippen LogP contribution in [0.15, 0.2) is 12.1 Å². The number of hydrogen-bond donors (Lipinski definition) is 1. The van der Waals surface area contributed by atoms with Crippen molar-refractivity contribution in [2.75, 3.05) is 11.4 Å². The van der Waals surface area contributed by atoms with E-state index in [0.29, 0.717) is 23.6 Å². The summed E-state index contributed by atoms with van der Waals surface area (Å²) in [6, 6.07) is 3.85. The van der Waals surface area contributed by atoms with Gasteiger partial charge < -0.3 is 10.0 Å². The second kappa shape index (κ2) is 4.65. The molecule has 5 nitrogen and oxygen atoms in total. The highest BCUT2D eigenvalue weighted by Gasteiger charge is 2.30. The van der Waals surface area contributed by atoms with E-state index in [1.807, 2.05) is 4.90 Å². The van der Waals surface area contributed by atoms with E-state index in [-0.39, 0.29) is 6.42 Å². The third kappa shape index (κ3) is 2.82. The summed E-state index contributed by atoms with van der Waals surface area (Å²) in [5.74, 6) is -0.0966. The zero-order valence-corrected chi connectivity index (χ0v) is 9.39. The second-order valence-electron chi connectivity index (χ2n) is 3.78. The summed E-state index contributed by atoms with van der Waals surface area (Å²) in [5.41, 5.74) is 0. The Morgan fingerprint density at radius 1 is 1.50 bits per heavy atom. The molecule has 0 spiro atoms. The lowest BCUT2D eigenvalue weighted by atomic mass is 10.3. The Morgan fingerprint density at radius 3 is 2.75 bits per heavy atom. The third-order valence-electron chi connectivity index (χ3n) is 2.47. The molecular formula is C10H12ClN3O2. The van der Waals surface area contributed by atoms with Gasteiger partial charge in [0.05, 0.1) is 6.42 Å². The Bertz CT molecular complexity index is 378. The normalized spacial score (nSPS) is 14.8. The summed E-state index contributed by atoms with van der Waals surface area (Å²) in [6.45, 7) is 0.469. The first-order valence-corrected chi connectivity index (χ1v) is 5.52. The number of nitrogens with zero attached hydrogens (tertiary/aromatic N) is 3. The molecule has 0 aliphatic heterocycles. The first kappa shape index (κ1) is 11.1. The van der Waals surface area contributed by atoms with Gasteiger partial charge in [-0.2, -0.15) is 0 Å². The van der Waals surface area contributed by atoms with Crippen LogP contribution >= 0.6 is 11.6 Å². The smallest absolute Gasteiger partial charge is 0.305 e. The van der Waals surface area contributed by atoms with Crippen molar-refractivity contribution in [3.05, 3.63) is 17.3 Å². The molecule has 1 saturated carbocycles. The average molecular weight is 242 g/mol. The van der Waals surface area contributed by atoms with Gasteiger partial charge in [-0.1, -0.05) is 11.6 Å². The zero-order valence-electron chi connectivity index (χ0n) is 8.64. The Kier molecular flexibility index (Phi) is 3.24. The Hall–Kier alpha value is -1.36. The van der Waals surface area contributed by atoms with Gasteiger partial charge in [-0.05, 0) is 25.0 Å². The minimum Gasteiger partial charge on any atom is -0.481 e. The standard InChI is InChI=1S/C10H12ClN3O2/c11-8-3-4-9(13-12-8)14(7-1-2-7)6-5-10(15)16/h3-4,7H,1-2,5-6H2,(H,15,16). The van der Waals surface area contributed by atoms with Gasteiger partial charge in [0.25, 0.3) is 0 Å². The molecule has 1 fully saturated rings. The van der Waals surface area contributed by atoms with Crippen LogP contribution in [0, 0.1) is 0 Å². The third-order valence-corrected chi connectivity index (χ3v) is 2.67. The number of rotatable bonds is 5. The van der Waals surface area contributed by atoms with Crippen molar-refractivity contribution < 1.29 is 9.90 Å². The van der Waals surface area contributed by atoms with Crippen LogP contribution in [0.4, 0.5) is 5.82 Å². The van der Waals surface area contributed by atoms with Crippen molar-refractivity contribution in [3.8, 4) is 0 Å². The molecule has 1 aromatic heterocycles. The van der Waals surface area contributed by atoms with E-state index < -0.39 is 5.97 Å². The van der Waals surface area contributed by atoms with Crippen LogP contribution in [0.5, 0.6) is 0 Å². The lowest BCUT2D eigenvalue weighted by Crippen LogP contribution is -2.29. The fourth-order valence-corrected chi connectivity index (χ4v) is 1.65. The second-order valence-corrected chi connectivity index (χ2v) is 4.17. The molecule has 1 heterocycles. The SMILES string of the molecule is O=C(O)CCN(c1ccc(Cl)nn1)C1CC1. The van der Waals surface area contributed by atoms with Gasteiger partial charge in [0.15, 0.2) is 11.0 Å². The van der Waals surface area contributed by atoms with Crippen molar-refractivity contribution in [3.63, 3.8) is 0 Å². The van der Waals surface area contributed by atoms with Gasteiger partial charge in [0, 0.05) is 12.6 Å². The molecule has 1 N–H and O–H groups in total. The van der Waals surface area contributed by atoms with Gasteiger partial charge in [-0.3, -0.25) is 4.79 Å². The molecule has 0 saturated heterocycles. The van der Waals surface area contributed by atoms with Crippen molar-refractivity contribution in [1.82, 2.24) is 10.2 Å². The monoisotopic (exact) mass is 241 g/mol. The predicted octanol–water partition coefficient (Wildman–Crippen LogP) is 1.57. The van der Waals surface area contributed by atoms with E-state index in [2.05, 4.69) is 10.2 Å². The zero-order chi connectivity index (χ0) is 11.5. The maximum absolute atomic E-state index is 10.5. The molecule has 0 radical (unpaired) electrons. The van der Waals surface area contributed by atoms with Crippen LogP contribution in [-0.4, -0.2) is 33.9 Å². The van der Waals surface area contributed by atoms with E-state index in [9.17, 15) is 4.79 Å². The minimum absolute atomic E-state index is 0.112. The predicted molar refractivity (Wildman–Crippen MR) is 59.7 cm³/mol. The molecule has 0 bridgehead atoms. The van der Waals surface area contributed by atoms with Crippen molar-refractivity contribution in [2.45, 2.75) is 25.3 Å². The molecule has 1 aliphatic carbocycles. The fraction of sp³-hybridized carbons (Fsp3) is 0.500. The molecule has 6 heteroatoms. The highest BCUT2D eigenvalue weighted by Crippen LogP contribution is 2.30. The van der Waals surface area contributed by atoms with Crippen molar-refractivity contribution >= 4 is 23.4 Å². The largest absolute Gasteiger partial charge is 0.481 e. The average Bonchev–Trinajstić information content (AvgIpc) is 3.04. The Morgan fingerprint density at radius 2 is 2.25 bits per heavy atom. The Labute approximate surface area is 98.0 Å². The van der Waals surface area contributed by atoms with Crippen LogP contribution in [-0.2, 0) is 4.79 Å². The summed E-state index contributed by atoms with van der Waals surface area (Å²) >= 11 is 5.65. The van der Waals surface area contributed by atoms with Gasteiger partial charge in [0.2, 0.25) is 0 Å². The molecule has 0 atom stereocenters. The summed E-state index contributed by atoms with van der Waals surface area (Å²) in [6.07, 6.45) is 2.29. The topological polar surface area (TPSA) is 66.3 Å². The van der Waals surface area contributed by atoms with E-state index in [1.165, 1.54) is 0 Å². The number of carbonyl (C=O) groups is 1. The maximum Gasteiger partial charge on any atom is 0.305 e. The van der Waals surface area contributed by atoms with Gasteiger partial charge in [0.1, 0.15) is 0 Å². The summed E-state index contributed by atoms with van der Waals surface area (Å²) in [5, 5.41) is 16.7. The van der Waals surface area contributed by atoms with Crippen molar-refractivity contribution in [2.24, 2.45) is 0 Å². The summed E-state index contributed by atoms with van der Waals surface area (Å²) in [4.78, 5) is 12.5. The first-order valence-electron chi connectivity index (χ1n) is 5.14. The molecule has 2 rings (SSSR count). The molecule has 0 amide bonds. The molecule has 1 aromatic rings. The van der Waals surface area contributed by atoms with Gasteiger partial charge in [-0.15, -0.1) is 10.2 Å². The van der Waals surface area contributed by atoms with E-state index in [1.54, 1.807) is 12.1 Å². The first-order chi connectivity index (χ1) is 7.66. The number of anilines is 1. The number of aromatic nitrogens is 2. The quantitative estimate of drug-likeness (QED) is 0.848. The molecule has 0 unspecified atom stereocenters. The molecular weight excluding hydrogens is 230 g/mol. The molecule has 86 valence electrons. The number of hydrogen-bond acceptors (Lipinski definition) is 4. The lowest BCUT2D eigenvalue weighted by molar-refractivity contribution is -0.136. The van der Waals surface area contributed by atoms with Crippen molar-refractivity contribution in [1.29, 1.82) is 0 Å². The van der Waals surface area contributed by atoms with E-state index in [0.717, 1.165) is 12.8 Å². The van der Waals surface area contributed by atoms with E-state index >= 15 is 0 Å². The fourth-order valence-electron chi connectivity index (χ4n) is 1.55. The number of carboxylic acids is 1. The van der Waals surface area contributed by atoms with Gasteiger partial charge in [-0.25, -0.2) is 0 Å². The number of carboxylic acid groups (broad SMARTS) is 1. The van der Waals surface area contributed by atoms with Crippen LogP contribution in [0.1, 0.15) is 19.3 Å². The van der Waals surface area contributed by atoms with Crippen LogP contribution in [0.25, 0.3) is 0 Å². The minimum atomic E-state index is -0.799. The Balaban J connectivity index is 2.06. The van der Waals surface area contributed by atoms with Crippen LogP contribution in [0.2, 0.25) is 5.15 Å². The van der Waals surface area contributed by atoms with Gasteiger partial charge >= 0.3 is 5.97 Å². The molecule has 0 aromatic carbocycles. The summed E-state index contributed by atoms with van der Waals surface area (Å²) < 4.78 is 0. The number of halogens is 1. The molecule has 1 aliphatic rings. The number of aliphatic carboxylic acids is 1. The highest BCUT2D eigenvalue weighted by molar-refractivity contribution is 6.29. The maximum atomic E-state index is 10.5. The summed E-state index contributed by atoms with van der Waals surface area (Å²) in [7, 11) is 0. The van der Waals surface area contributed by atoms with Crippen LogP contribution < -0.4 is 4.90 Å². The highest BCUT2D eigenvalue weighted by atomic mass is 35.5. The molecule has 16 heavy (non-hydrogen) atoms.